The van der Waals surface area contributed by atoms with Crippen molar-refractivity contribution in [3.63, 3.8) is 0 Å². The van der Waals surface area contributed by atoms with Crippen molar-refractivity contribution in [2.75, 3.05) is 5.73 Å². The third kappa shape index (κ3) is 2.30. The van der Waals surface area contributed by atoms with Crippen LogP contribution in [-0.4, -0.2) is 15.0 Å². The number of aromatic nitrogens is 3. The van der Waals surface area contributed by atoms with E-state index in [1.165, 1.54) is 0 Å². The number of ether oxygens (including phenoxy) is 1. The number of fused-ring (bicyclic) bond motifs is 1. The van der Waals surface area contributed by atoms with Crippen molar-refractivity contribution in [2.24, 2.45) is 0 Å². The fourth-order valence-electron chi connectivity index (χ4n) is 1.70. The lowest BCUT2D eigenvalue weighted by molar-refractivity contribution is 0.463. The second-order valence-corrected chi connectivity index (χ2v) is 4.14. The van der Waals surface area contributed by atoms with Crippen LogP contribution in [0, 0.1) is 6.92 Å². The van der Waals surface area contributed by atoms with Crippen LogP contribution in [0.3, 0.4) is 0 Å². The van der Waals surface area contributed by atoms with Crippen LogP contribution in [-0.2, 0) is 0 Å². The summed E-state index contributed by atoms with van der Waals surface area (Å²) in [5, 5.41) is 0. The number of hydrogen-bond donors (Lipinski definition) is 1. The van der Waals surface area contributed by atoms with Gasteiger partial charge in [-0.05, 0) is 31.2 Å². The van der Waals surface area contributed by atoms with Crippen LogP contribution >= 0.6 is 0 Å². The molecular formula is C14H12N4O. The maximum atomic E-state index is 5.85. The minimum absolute atomic E-state index is 0.263. The van der Waals surface area contributed by atoms with Crippen LogP contribution in [0.1, 0.15) is 5.69 Å². The second kappa shape index (κ2) is 4.53. The van der Waals surface area contributed by atoms with E-state index in [-0.39, 0.29) is 5.82 Å². The Balaban J connectivity index is 2.00. The van der Waals surface area contributed by atoms with Crippen LogP contribution in [0.15, 0.2) is 42.6 Å². The van der Waals surface area contributed by atoms with Gasteiger partial charge in [-0.1, -0.05) is 12.1 Å². The first-order valence-corrected chi connectivity index (χ1v) is 5.85. The van der Waals surface area contributed by atoms with Crippen LogP contribution in [0.25, 0.3) is 11.0 Å². The maximum Gasteiger partial charge on any atom is 0.263 e. The average Bonchev–Trinajstić information content (AvgIpc) is 2.42. The highest BCUT2D eigenvalue weighted by Crippen LogP contribution is 2.25. The normalized spacial score (nSPS) is 10.6. The molecule has 0 spiro atoms. The zero-order valence-corrected chi connectivity index (χ0v) is 10.4. The third-order valence-electron chi connectivity index (χ3n) is 2.66. The number of para-hydroxylation sites is 2. The molecule has 19 heavy (non-hydrogen) atoms. The fraction of sp³-hybridized carbons (Fsp3) is 0.0714. The van der Waals surface area contributed by atoms with E-state index >= 15 is 0 Å². The molecule has 0 aliphatic rings. The molecule has 0 radical (unpaired) electrons. The van der Waals surface area contributed by atoms with Gasteiger partial charge in [0.05, 0.1) is 17.2 Å². The molecule has 3 aromatic rings. The second-order valence-electron chi connectivity index (χ2n) is 4.14. The summed E-state index contributed by atoms with van der Waals surface area (Å²) in [6.07, 6.45) is 1.63. The smallest absolute Gasteiger partial charge is 0.263 e. The van der Waals surface area contributed by atoms with Crippen molar-refractivity contribution < 1.29 is 4.74 Å². The van der Waals surface area contributed by atoms with Gasteiger partial charge in [-0.3, -0.25) is 4.98 Å². The van der Waals surface area contributed by atoms with E-state index in [1.54, 1.807) is 6.20 Å². The SMILES string of the molecule is Cc1ccc(Oc2nc3ccccc3nc2N)cn1. The zero-order chi connectivity index (χ0) is 13.2. The molecule has 1 aromatic carbocycles. The molecular weight excluding hydrogens is 240 g/mol. The molecule has 2 aromatic heterocycles. The Bertz CT molecular complexity index is 725. The number of rotatable bonds is 2. The molecule has 0 fully saturated rings. The molecule has 0 aliphatic heterocycles. The number of hydrogen-bond acceptors (Lipinski definition) is 5. The van der Waals surface area contributed by atoms with E-state index in [2.05, 4.69) is 15.0 Å². The predicted octanol–water partition coefficient (Wildman–Crippen LogP) is 2.71. The van der Waals surface area contributed by atoms with Gasteiger partial charge >= 0.3 is 0 Å². The van der Waals surface area contributed by atoms with E-state index in [4.69, 9.17) is 10.5 Å². The van der Waals surface area contributed by atoms with Gasteiger partial charge in [-0.25, -0.2) is 9.97 Å². The van der Waals surface area contributed by atoms with Crippen LogP contribution in [0.2, 0.25) is 0 Å². The molecule has 5 nitrogen and oxygen atoms in total. The van der Waals surface area contributed by atoms with Gasteiger partial charge in [0.2, 0.25) is 0 Å². The zero-order valence-electron chi connectivity index (χ0n) is 10.4. The number of nitrogens with zero attached hydrogens (tertiary/aromatic N) is 3. The number of pyridine rings is 1. The number of nitrogens with two attached hydrogens (primary N) is 1. The Morgan fingerprint density at radius 3 is 2.42 bits per heavy atom. The largest absolute Gasteiger partial charge is 0.434 e. The lowest BCUT2D eigenvalue weighted by Gasteiger charge is -2.07. The maximum absolute atomic E-state index is 5.85. The quantitative estimate of drug-likeness (QED) is 0.759. The van der Waals surface area contributed by atoms with E-state index in [0.29, 0.717) is 11.6 Å². The van der Waals surface area contributed by atoms with Crippen molar-refractivity contribution in [3.8, 4) is 11.6 Å². The molecule has 0 bridgehead atoms. The van der Waals surface area contributed by atoms with Gasteiger partial charge < -0.3 is 10.5 Å². The monoisotopic (exact) mass is 252 g/mol. The highest BCUT2D eigenvalue weighted by Gasteiger charge is 2.08. The average molecular weight is 252 g/mol. The van der Waals surface area contributed by atoms with E-state index in [9.17, 15) is 0 Å². The topological polar surface area (TPSA) is 73.9 Å². The van der Waals surface area contributed by atoms with Crippen molar-refractivity contribution in [3.05, 3.63) is 48.3 Å². The summed E-state index contributed by atoms with van der Waals surface area (Å²) in [6, 6.07) is 11.2. The Morgan fingerprint density at radius 1 is 1.00 bits per heavy atom. The molecule has 3 rings (SSSR count). The van der Waals surface area contributed by atoms with Gasteiger partial charge in [0.25, 0.3) is 5.88 Å². The summed E-state index contributed by atoms with van der Waals surface area (Å²) in [5.41, 5.74) is 8.25. The summed E-state index contributed by atoms with van der Waals surface area (Å²) in [5.74, 6) is 1.14. The first kappa shape index (κ1) is 11.4. The first-order chi connectivity index (χ1) is 9.22. The molecule has 0 saturated heterocycles. The van der Waals surface area contributed by atoms with Crippen molar-refractivity contribution in [1.82, 2.24) is 15.0 Å². The molecule has 0 unspecified atom stereocenters. The molecule has 5 heteroatoms. The van der Waals surface area contributed by atoms with Gasteiger partial charge in [-0.2, -0.15) is 0 Å². The summed E-state index contributed by atoms with van der Waals surface area (Å²) >= 11 is 0. The third-order valence-corrected chi connectivity index (χ3v) is 2.66. The van der Waals surface area contributed by atoms with Crippen molar-refractivity contribution >= 4 is 16.9 Å². The molecule has 0 aliphatic carbocycles. The standard InChI is InChI=1S/C14H12N4O/c1-9-6-7-10(8-16-9)19-14-13(15)17-11-4-2-3-5-12(11)18-14/h2-8H,1H3,(H2,15,17). The van der Waals surface area contributed by atoms with Gasteiger partial charge in [0.1, 0.15) is 5.75 Å². The summed E-state index contributed by atoms with van der Waals surface area (Å²) < 4.78 is 5.61. The minimum Gasteiger partial charge on any atom is -0.434 e. The van der Waals surface area contributed by atoms with Gasteiger partial charge in [-0.15, -0.1) is 0 Å². The highest BCUT2D eigenvalue weighted by molar-refractivity contribution is 5.76. The number of anilines is 1. The van der Waals surface area contributed by atoms with Crippen LogP contribution in [0.5, 0.6) is 11.6 Å². The Labute approximate surface area is 110 Å². The lowest BCUT2D eigenvalue weighted by Crippen LogP contribution is -1.99. The first-order valence-electron chi connectivity index (χ1n) is 5.85. The fourth-order valence-corrected chi connectivity index (χ4v) is 1.70. The summed E-state index contributed by atoms with van der Waals surface area (Å²) in [7, 11) is 0. The van der Waals surface area contributed by atoms with Gasteiger partial charge in [0.15, 0.2) is 5.82 Å². The molecule has 0 saturated carbocycles. The molecule has 2 N–H and O–H groups in total. The summed E-state index contributed by atoms with van der Waals surface area (Å²) in [6.45, 7) is 1.91. The van der Waals surface area contributed by atoms with E-state index in [0.717, 1.165) is 16.7 Å². The molecule has 2 heterocycles. The van der Waals surface area contributed by atoms with Gasteiger partial charge in [0, 0.05) is 5.69 Å². The Kier molecular flexibility index (Phi) is 2.72. The molecule has 0 amide bonds. The van der Waals surface area contributed by atoms with E-state index < -0.39 is 0 Å². The minimum atomic E-state index is 0.263. The Hall–Kier alpha value is -2.69. The Morgan fingerprint density at radius 2 is 1.74 bits per heavy atom. The molecule has 94 valence electrons. The lowest BCUT2D eigenvalue weighted by atomic mass is 10.3. The highest BCUT2D eigenvalue weighted by atomic mass is 16.5. The molecule has 0 atom stereocenters. The predicted molar refractivity (Wildman–Crippen MR) is 73.0 cm³/mol. The number of benzene rings is 1. The van der Waals surface area contributed by atoms with Crippen molar-refractivity contribution in [1.29, 1.82) is 0 Å². The van der Waals surface area contributed by atoms with Crippen LogP contribution in [0.4, 0.5) is 5.82 Å². The number of aryl methyl sites for hydroxylation is 1. The van der Waals surface area contributed by atoms with Crippen LogP contribution < -0.4 is 10.5 Å². The van der Waals surface area contributed by atoms with E-state index in [1.807, 2.05) is 43.3 Å². The summed E-state index contributed by atoms with van der Waals surface area (Å²) in [4.78, 5) is 12.8. The van der Waals surface area contributed by atoms with Crippen molar-refractivity contribution in [2.45, 2.75) is 6.92 Å². The number of nitrogen functional groups attached to an aromatic ring is 1.